The van der Waals surface area contributed by atoms with Crippen molar-refractivity contribution in [2.75, 3.05) is 11.9 Å². The Bertz CT molecular complexity index is 1140. The highest BCUT2D eigenvalue weighted by molar-refractivity contribution is 6.08. The molecule has 2 aromatic carbocycles. The zero-order valence-electron chi connectivity index (χ0n) is 14.5. The molecule has 0 aliphatic carbocycles. The number of benzene rings is 2. The van der Waals surface area contributed by atoms with E-state index in [1.54, 1.807) is 19.3 Å². The van der Waals surface area contributed by atoms with Crippen LogP contribution in [0.25, 0.3) is 21.7 Å². The van der Waals surface area contributed by atoms with Gasteiger partial charge in [-0.25, -0.2) is 0 Å². The smallest absolute Gasteiger partial charge is 0.310 e. The molecule has 0 spiro atoms. The lowest BCUT2D eigenvalue weighted by atomic mass is 10.0. The summed E-state index contributed by atoms with van der Waals surface area (Å²) in [5, 5.41) is 9.07. The summed E-state index contributed by atoms with van der Waals surface area (Å²) in [5.41, 5.74) is 2.06. The first-order valence-electron chi connectivity index (χ1n) is 8.37. The SMILES string of the molecule is Cc1cc(NC(=O)COC(=O)Cc2coc3ccc4ccccc4c23)on1. The number of ether oxygens (including phenoxy) is 1. The third-order valence-electron chi connectivity index (χ3n) is 4.13. The van der Waals surface area contributed by atoms with Crippen LogP contribution < -0.4 is 5.32 Å². The van der Waals surface area contributed by atoms with Crippen LogP contribution in [0.2, 0.25) is 0 Å². The molecule has 0 saturated carbocycles. The number of anilines is 1. The average molecular weight is 364 g/mol. The Morgan fingerprint density at radius 3 is 2.85 bits per heavy atom. The van der Waals surface area contributed by atoms with E-state index in [4.69, 9.17) is 13.7 Å². The zero-order chi connectivity index (χ0) is 18.8. The topological polar surface area (TPSA) is 94.6 Å². The molecule has 0 atom stereocenters. The maximum Gasteiger partial charge on any atom is 0.310 e. The maximum atomic E-state index is 12.2. The largest absolute Gasteiger partial charge is 0.464 e. The molecule has 0 fully saturated rings. The first-order valence-corrected chi connectivity index (χ1v) is 8.37. The summed E-state index contributed by atoms with van der Waals surface area (Å²) < 4.78 is 15.5. The fraction of sp³-hybridized carbons (Fsp3) is 0.150. The number of fused-ring (bicyclic) bond motifs is 3. The van der Waals surface area contributed by atoms with Crippen molar-refractivity contribution in [3.8, 4) is 0 Å². The summed E-state index contributed by atoms with van der Waals surface area (Å²) in [6, 6.07) is 13.3. The molecular formula is C20H16N2O5. The molecule has 0 radical (unpaired) electrons. The first-order chi connectivity index (χ1) is 13.1. The highest BCUT2D eigenvalue weighted by atomic mass is 16.5. The van der Waals surface area contributed by atoms with Gasteiger partial charge in [0.15, 0.2) is 6.61 Å². The molecule has 7 nitrogen and oxygen atoms in total. The summed E-state index contributed by atoms with van der Waals surface area (Å²) in [4.78, 5) is 24.0. The monoisotopic (exact) mass is 364 g/mol. The van der Waals surface area contributed by atoms with Crippen molar-refractivity contribution in [2.45, 2.75) is 13.3 Å². The molecule has 0 aliphatic heterocycles. The van der Waals surface area contributed by atoms with Gasteiger partial charge in [-0.3, -0.25) is 14.9 Å². The molecule has 4 rings (SSSR count). The van der Waals surface area contributed by atoms with Crippen molar-refractivity contribution in [1.29, 1.82) is 0 Å². The minimum Gasteiger partial charge on any atom is -0.464 e. The van der Waals surface area contributed by atoms with Gasteiger partial charge >= 0.3 is 5.97 Å². The Balaban J connectivity index is 1.44. The number of furan rings is 1. The van der Waals surface area contributed by atoms with Crippen LogP contribution in [0, 0.1) is 6.92 Å². The fourth-order valence-electron chi connectivity index (χ4n) is 2.95. The number of aryl methyl sites for hydroxylation is 1. The van der Waals surface area contributed by atoms with E-state index in [-0.39, 0.29) is 12.3 Å². The summed E-state index contributed by atoms with van der Waals surface area (Å²) in [6.45, 7) is 1.33. The van der Waals surface area contributed by atoms with Gasteiger partial charge < -0.3 is 13.7 Å². The molecule has 7 heteroatoms. The van der Waals surface area contributed by atoms with E-state index < -0.39 is 18.5 Å². The molecule has 1 N–H and O–H groups in total. The lowest BCUT2D eigenvalue weighted by molar-refractivity contribution is -0.146. The zero-order valence-corrected chi connectivity index (χ0v) is 14.5. The minimum absolute atomic E-state index is 0.00963. The summed E-state index contributed by atoms with van der Waals surface area (Å²) >= 11 is 0. The van der Waals surface area contributed by atoms with Crippen molar-refractivity contribution in [3.63, 3.8) is 0 Å². The Kier molecular flexibility index (Phi) is 4.33. The average Bonchev–Trinajstić information content (AvgIpc) is 3.26. The van der Waals surface area contributed by atoms with Gasteiger partial charge in [0.25, 0.3) is 5.91 Å². The summed E-state index contributed by atoms with van der Waals surface area (Å²) in [6.07, 6.45) is 1.56. The van der Waals surface area contributed by atoms with Gasteiger partial charge in [-0.05, 0) is 23.8 Å². The van der Waals surface area contributed by atoms with Crippen molar-refractivity contribution in [3.05, 3.63) is 60.0 Å². The number of hydrogen-bond acceptors (Lipinski definition) is 6. The number of nitrogens with zero attached hydrogens (tertiary/aromatic N) is 1. The molecule has 0 unspecified atom stereocenters. The number of hydrogen-bond donors (Lipinski definition) is 1. The Morgan fingerprint density at radius 1 is 1.19 bits per heavy atom. The molecule has 27 heavy (non-hydrogen) atoms. The minimum atomic E-state index is -0.519. The van der Waals surface area contributed by atoms with Crippen LogP contribution in [0.15, 0.2) is 57.7 Å². The van der Waals surface area contributed by atoms with Crippen LogP contribution in [0.5, 0.6) is 0 Å². The highest BCUT2D eigenvalue weighted by Gasteiger charge is 2.15. The van der Waals surface area contributed by atoms with E-state index >= 15 is 0 Å². The molecule has 2 heterocycles. The normalized spacial score (nSPS) is 11.0. The van der Waals surface area contributed by atoms with Crippen molar-refractivity contribution in [2.24, 2.45) is 0 Å². The van der Waals surface area contributed by atoms with E-state index in [0.29, 0.717) is 11.3 Å². The van der Waals surface area contributed by atoms with Crippen LogP contribution in [0.3, 0.4) is 0 Å². The number of nitrogens with one attached hydrogen (secondary N) is 1. The first kappa shape index (κ1) is 16.8. The van der Waals surface area contributed by atoms with Gasteiger partial charge in [-0.15, -0.1) is 0 Å². The molecule has 0 aliphatic rings. The van der Waals surface area contributed by atoms with Gasteiger partial charge in [0.05, 0.1) is 18.4 Å². The van der Waals surface area contributed by atoms with Crippen LogP contribution >= 0.6 is 0 Å². The predicted molar refractivity (Wildman–Crippen MR) is 98.3 cm³/mol. The predicted octanol–water partition coefficient (Wildman–Crippen LogP) is 3.61. The number of carbonyl (C=O) groups is 2. The molecule has 2 aromatic heterocycles. The van der Waals surface area contributed by atoms with Crippen molar-refractivity contribution in [1.82, 2.24) is 5.16 Å². The second kappa shape index (κ2) is 6.95. The Labute approximate surface area is 153 Å². The number of aromatic nitrogens is 1. The summed E-state index contributed by atoms with van der Waals surface area (Å²) in [7, 11) is 0. The Morgan fingerprint density at radius 2 is 2.04 bits per heavy atom. The van der Waals surface area contributed by atoms with Crippen LogP contribution in [0.4, 0.5) is 5.88 Å². The van der Waals surface area contributed by atoms with Crippen LogP contribution in [-0.4, -0.2) is 23.6 Å². The number of rotatable bonds is 5. The number of carbonyl (C=O) groups excluding carboxylic acids is 2. The second-order valence-corrected chi connectivity index (χ2v) is 6.14. The number of amides is 1. The Hall–Kier alpha value is -3.61. The van der Waals surface area contributed by atoms with E-state index in [2.05, 4.69) is 10.5 Å². The van der Waals surface area contributed by atoms with Gasteiger partial charge in [0.2, 0.25) is 5.88 Å². The fourth-order valence-corrected chi connectivity index (χ4v) is 2.95. The molecule has 0 saturated heterocycles. The summed E-state index contributed by atoms with van der Waals surface area (Å²) in [5.74, 6) is -0.808. The molecule has 1 amide bonds. The quantitative estimate of drug-likeness (QED) is 0.544. The second-order valence-electron chi connectivity index (χ2n) is 6.14. The maximum absolute atomic E-state index is 12.2. The van der Waals surface area contributed by atoms with Gasteiger partial charge in [-0.2, -0.15) is 0 Å². The standard InChI is InChI=1S/C20H16N2O5/c1-12-8-18(27-22-12)21-17(23)11-26-19(24)9-14-10-25-16-7-6-13-4-2-3-5-15(13)20(14)16/h2-8,10H,9,11H2,1H3,(H,21,23). The molecular weight excluding hydrogens is 348 g/mol. The van der Waals surface area contributed by atoms with Gasteiger partial charge in [0, 0.05) is 17.0 Å². The van der Waals surface area contributed by atoms with Crippen molar-refractivity contribution < 1.29 is 23.3 Å². The van der Waals surface area contributed by atoms with E-state index in [1.807, 2.05) is 36.4 Å². The van der Waals surface area contributed by atoms with Crippen LogP contribution in [0.1, 0.15) is 11.3 Å². The van der Waals surface area contributed by atoms with Crippen molar-refractivity contribution >= 4 is 39.5 Å². The van der Waals surface area contributed by atoms with E-state index in [1.165, 1.54) is 0 Å². The third kappa shape index (κ3) is 3.52. The molecule has 136 valence electrons. The lowest BCUT2D eigenvalue weighted by Crippen LogP contribution is -2.21. The van der Waals surface area contributed by atoms with E-state index in [0.717, 1.165) is 21.7 Å². The van der Waals surface area contributed by atoms with Gasteiger partial charge in [0.1, 0.15) is 5.58 Å². The third-order valence-corrected chi connectivity index (χ3v) is 4.13. The highest BCUT2D eigenvalue weighted by Crippen LogP contribution is 2.30. The van der Waals surface area contributed by atoms with Gasteiger partial charge in [-0.1, -0.05) is 35.5 Å². The molecule has 0 bridgehead atoms. The van der Waals surface area contributed by atoms with Crippen LogP contribution in [-0.2, 0) is 20.7 Å². The number of esters is 1. The lowest BCUT2D eigenvalue weighted by Gasteiger charge is -2.05. The van der Waals surface area contributed by atoms with E-state index in [9.17, 15) is 9.59 Å². The molecule has 4 aromatic rings.